The number of nitrogens with one attached hydrogen (secondary N) is 1. The summed E-state index contributed by atoms with van der Waals surface area (Å²) >= 11 is 1.77. The molecule has 1 aliphatic rings. The first-order chi connectivity index (χ1) is 13.1. The zero-order valence-electron chi connectivity index (χ0n) is 16.4. The highest BCUT2D eigenvalue weighted by atomic mass is 32.1. The summed E-state index contributed by atoms with van der Waals surface area (Å²) in [5.74, 6) is 0.722. The molecule has 1 amide bonds. The number of amides is 1. The normalized spacial score (nSPS) is 16.5. The second kappa shape index (κ2) is 9.90. The second-order valence-corrected chi connectivity index (χ2v) is 8.25. The highest BCUT2D eigenvalue weighted by molar-refractivity contribution is 7.10. The monoisotopic (exact) mass is 386 g/mol. The van der Waals surface area contributed by atoms with E-state index < -0.39 is 0 Å². The van der Waals surface area contributed by atoms with Gasteiger partial charge in [-0.1, -0.05) is 31.0 Å². The Morgan fingerprint density at radius 1 is 1.15 bits per heavy atom. The van der Waals surface area contributed by atoms with Gasteiger partial charge in [-0.2, -0.15) is 0 Å². The van der Waals surface area contributed by atoms with Gasteiger partial charge in [0.15, 0.2) is 6.61 Å². The SMILES string of the molecule is Cc1cccc(OCC(=O)NC[C@@H](c2cccs2)N2CCCCCC2)c1C. The van der Waals surface area contributed by atoms with Crippen molar-refractivity contribution in [3.63, 3.8) is 0 Å². The van der Waals surface area contributed by atoms with E-state index in [1.54, 1.807) is 11.3 Å². The lowest BCUT2D eigenvalue weighted by Crippen LogP contribution is -2.39. The predicted octanol–water partition coefficient (Wildman–Crippen LogP) is 4.48. The quantitative estimate of drug-likeness (QED) is 0.763. The summed E-state index contributed by atoms with van der Waals surface area (Å²) < 4.78 is 5.74. The third kappa shape index (κ3) is 5.56. The number of nitrogens with zero attached hydrogens (tertiary/aromatic N) is 1. The van der Waals surface area contributed by atoms with Gasteiger partial charge in [0.1, 0.15) is 5.75 Å². The molecule has 2 heterocycles. The van der Waals surface area contributed by atoms with Crippen LogP contribution in [0.3, 0.4) is 0 Å². The minimum Gasteiger partial charge on any atom is -0.483 e. The highest BCUT2D eigenvalue weighted by Gasteiger charge is 2.23. The lowest BCUT2D eigenvalue weighted by molar-refractivity contribution is -0.123. The third-order valence-corrected chi connectivity index (χ3v) is 6.33. The Bertz CT molecular complexity index is 722. The molecule has 27 heavy (non-hydrogen) atoms. The fraction of sp³-hybridized carbons (Fsp3) is 0.500. The number of aryl methyl sites for hydroxylation is 1. The van der Waals surface area contributed by atoms with Crippen molar-refractivity contribution in [1.82, 2.24) is 10.2 Å². The van der Waals surface area contributed by atoms with E-state index in [1.165, 1.54) is 36.1 Å². The first-order valence-corrected chi connectivity index (χ1v) is 10.8. The molecule has 0 saturated carbocycles. The van der Waals surface area contributed by atoms with Crippen LogP contribution >= 0.6 is 11.3 Å². The zero-order valence-corrected chi connectivity index (χ0v) is 17.2. The van der Waals surface area contributed by atoms with Gasteiger partial charge in [-0.05, 0) is 68.4 Å². The lowest BCUT2D eigenvalue weighted by atomic mass is 10.1. The Kier molecular flexibility index (Phi) is 7.30. The average Bonchev–Trinajstić information content (AvgIpc) is 3.06. The molecule has 2 aromatic rings. The van der Waals surface area contributed by atoms with Crippen LogP contribution in [0.1, 0.15) is 47.7 Å². The first kappa shape index (κ1) is 19.9. The van der Waals surface area contributed by atoms with Gasteiger partial charge in [-0.3, -0.25) is 9.69 Å². The van der Waals surface area contributed by atoms with Gasteiger partial charge in [0.2, 0.25) is 0 Å². The molecule has 1 N–H and O–H groups in total. The van der Waals surface area contributed by atoms with Gasteiger partial charge in [-0.15, -0.1) is 11.3 Å². The predicted molar refractivity (Wildman–Crippen MR) is 112 cm³/mol. The Morgan fingerprint density at radius 2 is 1.93 bits per heavy atom. The molecule has 1 aliphatic heterocycles. The van der Waals surface area contributed by atoms with Crippen LogP contribution in [0.15, 0.2) is 35.7 Å². The Hall–Kier alpha value is -1.85. The first-order valence-electron chi connectivity index (χ1n) is 9.88. The molecular weight excluding hydrogens is 356 g/mol. The minimum atomic E-state index is -0.0627. The summed E-state index contributed by atoms with van der Waals surface area (Å²) in [5, 5.41) is 5.21. The highest BCUT2D eigenvalue weighted by Crippen LogP contribution is 2.27. The maximum atomic E-state index is 12.4. The molecule has 1 saturated heterocycles. The standard InChI is InChI=1S/C22H30N2O2S/c1-17-9-7-10-20(18(17)2)26-16-22(25)23-15-19(21-11-8-14-27-21)24-12-5-3-4-6-13-24/h7-11,14,19H,3-6,12-13,15-16H2,1-2H3,(H,23,25)/t19-/m0/s1. The molecule has 5 heteroatoms. The molecule has 3 rings (SSSR count). The Balaban J connectivity index is 1.56. The molecular formula is C22H30N2O2S. The number of hydrogen-bond donors (Lipinski definition) is 1. The second-order valence-electron chi connectivity index (χ2n) is 7.27. The smallest absolute Gasteiger partial charge is 0.258 e. The van der Waals surface area contributed by atoms with Crippen molar-refractivity contribution in [1.29, 1.82) is 0 Å². The van der Waals surface area contributed by atoms with Crippen LogP contribution in [-0.4, -0.2) is 37.0 Å². The summed E-state index contributed by atoms with van der Waals surface area (Å²) in [7, 11) is 0. The van der Waals surface area contributed by atoms with Crippen LogP contribution < -0.4 is 10.1 Å². The van der Waals surface area contributed by atoms with E-state index >= 15 is 0 Å². The van der Waals surface area contributed by atoms with Gasteiger partial charge in [-0.25, -0.2) is 0 Å². The van der Waals surface area contributed by atoms with Crippen molar-refractivity contribution in [2.75, 3.05) is 26.2 Å². The summed E-state index contributed by atoms with van der Waals surface area (Å²) in [6.07, 6.45) is 5.10. The van der Waals surface area contributed by atoms with Crippen molar-refractivity contribution in [2.24, 2.45) is 0 Å². The van der Waals surface area contributed by atoms with Crippen LogP contribution in [0.25, 0.3) is 0 Å². The van der Waals surface area contributed by atoms with E-state index in [0.29, 0.717) is 6.54 Å². The molecule has 0 unspecified atom stereocenters. The van der Waals surface area contributed by atoms with Gasteiger partial charge in [0.05, 0.1) is 6.04 Å². The van der Waals surface area contributed by atoms with Crippen molar-refractivity contribution >= 4 is 17.2 Å². The fourth-order valence-corrected chi connectivity index (χ4v) is 4.44. The van der Waals surface area contributed by atoms with Crippen LogP contribution in [0.5, 0.6) is 5.75 Å². The van der Waals surface area contributed by atoms with E-state index in [1.807, 2.05) is 19.1 Å². The van der Waals surface area contributed by atoms with Gasteiger partial charge in [0, 0.05) is 11.4 Å². The lowest BCUT2D eigenvalue weighted by Gasteiger charge is -2.30. The number of ether oxygens (including phenoxy) is 1. The van der Waals surface area contributed by atoms with Crippen LogP contribution in [0.4, 0.5) is 0 Å². The zero-order chi connectivity index (χ0) is 19.1. The van der Waals surface area contributed by atoms with E-state index in [9.17, 15) is 4.79 Å². The van der Waals surface area contributed by atoms with Gasteiger partial charge < -0.3 is 10.1 Å². The van der Waals surface area contributed by atoms with Crippen molar-refractivity contribution in [2.45, 2.75) is 45.6 Å². The number of carbonyl (C=O) groups is 1. The van der Waals surface area contributed by atoms with Crippen LogP contribution in [0, 0.1) is 13.8 Å². The van der Waals surface area contributed by atoms with Crippen molar-refractivity contribution < 1.29 is 9.53 Å². The topological polar surface area (TPSA) is 41.6 Å². The van der Waals surface area contributed by atoms with E-state index in [0.717, 1.165) is 24.4 Å². The Labute approximate surface area is 166 Å². The number of hydrogen-bond acceptors (Lipinski definition) is 4. The molecule has 146 valence electrons. The van der Waals surface area contributed by atoms with Crippen molar-refractivity contribution in [3.05, 3.63) is 51.7 Å². The molecule has 0 aliphatic carbocycles. The molecule has 1 aromatic carbocycles. The molecule has 1 fully saturated rings. The molecule has 0 bridgehead atoms. The third-order valence-electron chi connectivity index (χ3n) is 5.36. The van der Waals surface area contributed by atoms with Crippen LogP contribution in [0.2, 0.25) is 0 Å². The number of likely N-dealkylation sites (tertiary alicyclic amines) is 1. The van der Waals surface area contributed by atoms with E-state index in [2.05, 4.69) is 40.7 Å². The number of rotatable bonds is 7. The average molecular weight is 387 g/mol. The maximum Gasteiger partial charge on any atom is 0.258 e. The van der Waals surface area contributed by atoms with Crippen LogP contribution in [-0.2, 0) is 4.79 Å². The summed E-state index contributed by atoms with van der Waals surface area (Å²) in [4.78, 5) is 16.2. The molecule has 1 aromatic heterocycles. The van der Waals surface area contributed by atoms with Gasteiger partial charge >= 0.3 is 0 Å². The van der Waals surface area contributed by atoms with E-state index in [4.69, 9.17) is 4.74 Å². The molecule has 0 radical (unpaired) electrons. The largest absolute Gasteiger partial charge is 0.483 e. The number of benzene rings is 1. The fourth-order valence-electron chi connectivity index (χ4n) is 3.58. The Morgan fingerprint density at radius 3 is 2.63 bits per heavy atom. The van der Waals surface area contributed by atoms with Crippen molar-refractivity contribution in [3.8, 4) is 5.75 Å². The molecule has 0 spiro atoms. The number of thiophene rings is 1. The molecule has 4 nitrogen and oxygen atoms in total. The molecule has 1 atom stereocenters. The summed E-state index contributed by atoms with van der Waals surface area (Å²) in [6.45, 7) is 6.98. The summed E-state index contributed by atoms with van der Waals surface area (Å²) in [6, 6.07) is 10.5. The minimum absolute atomic E-state index is 0.0570. The maximum absolute atomic E-state index is 12.4. The van der Waals surface area contributed by atoms with Gasteiger partial charge in [0.25, 0.3) is 5.91 Å². The summed E-state index contributed by atoms with van der Waals surface area (Å²) in [5.41, 5.74) is 2.26. The van der Waals surface area contributed by atoms with E-state index in [-0.39, 0.29) is 18.6 Å². The number of carbonyl (C=O) groups excluding carboxylic acids is 1.